The Morgan fingerprint density at radius 2 is 1.40 bits per heavy atom. The molecule has 25 heavy (non-hydrogen) atoms. The summed E-state index contributed by atoms with van der Waals surface area (Å²) in [5.41, 5.74) is 0.914. The third-order valence-corrected chi connectivity index (χ3v) is 4.53. The maximum atomic E-state index is 6.08. The molecule has 6 heteroatoms. The van der Waals surface area contributed by atoms with E-state index >= 15 is 0 Å². The molecule has 3 rings (SSSR count). The first-order chi connectivity index (χ1) is 12.2. The molecule has 2 fully saturated rings. The van der Waals surface area contributed by atoms with Gasteiger partial charge in [-0.1, -0.05) is 0 Å². The zero-order valence-electron chi connectivity index (χ0n) is 15.3. The van der Waals surface area contributed by atoms with E-state index in [4.69, 9.17) is 28.4 Å². The summed E-state index contributed by atoms with van der Waals surface area (Å²) in [7, 11) is 3.20. The number of rotatable bonds is 6. The van der Waals surface area contributed by atoms with Crippen LogP contribution in [0, 0.1) is 6.92 Å². The van der Waals surface area contributed by atoms with Gasteiger partial charge in [-0.05, 0) is 44.2 Å². The van der Waals surface area contributed by atoms with Gasteiger partial charge in [-0.3, -0.25) is 0 Å². The molecule has 0 aromatic heterocycles. The van der Waals surface area contributed by atoms with Gasteiger partial charge in [0.25, 0.3) is 0 Å². The molecule has 2 aliphatic rings. The lowest BCUT2D eigenvalue weighted by Gasteiger charge is -2.28. The Hall–Kier alpha value is -1.66. The predicted molar refractivity (Wildman–Crippen MR) is 92.7 cm³/mol. The van der Waals surface area contributed by atoms with Gasteiger partial charge in [0.15, 0.2) is 24.1 Å². The Morgan fingerprint density at radius 1 is 0.800 bits per heavy atom. The van der Waals surface area contributed by atoms with E-state index in [0.29, 0.717) is 23.0 Å². The van der Waals surface area contributed by atoms with E-state index < -0.39 is 0 Å². The highest BCUT2D eigenvalue weighted by Gasteiger charge is 2.26. The van der Waals surface area contributed by atoms with E-state index in [9.17, 15) is 0 Å². The van der Waals surface area contributed by atoms with Crippen molar-refractivity contribution in [1.29, 1.82) is 0 Å². The van der Waals surface area contributed by atoms with E-state index in [1.807, 2.05) is 13.0 Å². The van der Waals surface area contributed by atoms with Crippen LogP contribution in [0.5, 0.6) is 23.0 Å². The maximum Gasteiger partial charge on any atom is 0.207 e. The van der Waals surface area contributed by atoms with Crippen molar-refractivity contribution in [3.8, 4) is 23.0 Å². The number of methoxy groups -OCH3 is 2. The van der Waals surface area contributed by atoms with Gasteiger partial charge in [-0.15, -0.1) is 0 Å². The van der Waals surface area contributed by atoms with Gasteiger partial charge in [-0.2, -0.15) is 0 Å². The largest absolute Gasteiger partial charge is 0.490 e. The Morgan fingerprint density at radius 3 is 1.92 bits per heavy atom. The Labute approximate surface area is 149 Å². The SMILES string of the molecule is COc1c(OC2CCCCO2)cc(C)c(OC2CCCCO2)c1OC. The predicted octanol–water partition coefficient (Wildman–Crippen LogP) is 3.82. The van der Waals surface area contributed by atoms with Crippen molar-refractivity contribution in [3.05, 3.63) is 11.6 Å². The topological polar surface area (TPSA) is 55.4 Å². The van der Waals surface area contributed by atoms with Crippen LogP contribution < -0.4 is 18.9 Å². The van der Waals surface area contributed by atoms with Crippen LogP contribution in [0.2, 0.25) is 0 Å². The van der Waals surface area contributed by atoms with Crippen LogP contribution in [-0.2, 0) is 9.47 Å². The fraction of sp³-hybridized carbons (Fsp3) is 0.684. The summed E-state index contributed by atoms with van der Waals surface area (Å²) in [6, 6.07) is 1.91. The van der Waals surface area contributed by atoms with Gasteiger partial charge in [0.2, 0.25) is 11.5 Å². The lowest BCUT2D eigenvalue weighted by Crippen LogP contribution is -2.26. The number of hydrogen-bond donors (Lipinski definition) is 0. The molecule has 0 amide bonds. The van der Waals surface area contributed by atoms with Crippen molar-refractivity contribution in [3.63, 3.8) is 0 Å². The summed E-state index contributed by atoms with van der Waals surface area (Å²) in [5, 5.41) is 0. The van der Waals surface area contributed by atoms with E-state index in [1.54, 1.807) is 14.2 Å². The van der Waals surface area contributed by atoms with Crippen LogP contribution in [0.1, 0.15) is 44.1 Å². The summed E-state index contributed by atoms with van der Waals surface area (Å²) in [5.74, 6) is 2.30. The first-order valence-electron chi connectivity index (χ1n) is 9.05. The van der Waals surface area contributed by atoms with E-state index in [1.165, 1.54) is 0 Å². The van der Waals surface area contributed by atoms with Gasteiger partial charge >= 0.3 is 0 Å². The molecule has 0 spiro atoms. The minimum Gasteiger partial charge on any atom is -0.490 e. The van der Waals surface area contributed by atoms with Crippen LogP contribution in [0.3, 0.4) is 0 Å². The number of benzene rings is 1. The first-order valence-corrected chi connectivity index (χ1v) is 9.05. The second-order valence-electron chi connectivity index (χ2n) is 6.42. The minimum absolute atomic E-state index is 0.250. The molecule has 2 atom stereocenters. The van der Waals surface area contributed by atoms with Crippen molar-refractivity contribution >= 4 is 0 Å². The van der Waals surface area contributed by atoms with Gasteiger partial charge in [0, 0.05) is 12.8 Å². The van der Waals surface area contributed by atoms with Crippen LogP contribution in [0.4, 0.5) is 0 Å². The normalized spacial score (nSPS) is 23.8. The second kappa shape index (κ2) is 8.63. The Kier molecular flexibility index (Phi) is 6.26. The van der Waals surface area contributed by atoms with Crippen molar-refractivity contribution in [2.45, 2.75) is 58.0 Å². The average molecular weight is 352 g/mol. The van der Waals surface area contributed by atoms with Crippen molar-refractivity contribution in [1.82, 2.24) is 0 Å². The summed E-state index contributed by atoms with van der Waals surface area (Å²) in [6.45, 7) is 3.42. The molecule has 0 saturated carbocycles. The highest BCUT2D eigenvalue weighted by Crippen LogP contribution is 2.47. The smallest absolute Gasteiger partial charge is 0.207 e. The van der Waals surface area contributed by atoms with E-state index in [0.717, 1.165) is 57.3 Å². The standard InChI is InChI=1S/C19H28O6/c1-13-12-14(24-15-8-4-6-10-22-15)18(20-2)19(21-3)17(13)25-16-9-5-7-11-23-16/h12,15-16H,4-11H2,1-3H3. The fourth-order valence-corrected chi connectivity index (χ4v) is 3.22. The molecule has 140 valence electrons. The third kappa shape index (κ3) is 4.30. The molecular weight excluding hydrogens is 324 g/mol. The molecule has 0 radical (unpaired) electrons. The van der Waals surface area contributed by atoms with Gasteiger partial charge in [0.05, 0.1) is 27.4 Å². The van der Waals surface area contributed by atoms with Gasteiger partial charge in [-0.25, -0.2) is 0 Å². The van der Waals surface area contributed by atoms with Crippen LogP contribution >= 0.6 is 0 Å². The van der Waals surface area contributed by atoms with Crippen molar-refractivity contribution < 1.29 is 28.4 Å². The number of ether oxygens (including phenoxy) is 6. The number of aryl methyl sites for hydroxylation is 1. The lowest BCUT2D eigenvalue weighted by molar-refractivity contribution is -0.109. The highest BCUT2D eigenvalue weighted by molar-refractivity contribution is 5.62. The lowest BCUT2D eigenvalue weighted by atomic mass is 10.1. The molecular formula is C19H28O6. The molecule has 0 bridgehead atoms. The number of hydrogen-bond acceptors (Lipinski definition) is 6. The maximum absolute atomic E-state index is 6.08. The molecule has 6 nitrogen and oxygen atoms in total. The summed E-state index contributed by atoms with van der Waals surface area (Å²) in [6.07, 6.45) is 5.60. The zero-order chi connectivity index (χ0) is 17.6. The van der Waals surface area contributed by atoms with E-state index in [-0.39, 0.29) is 12.6 Å². The molecule has 1 aromatic rings. The average Bonchev–Trinajstić information content (AvgIpc) is 2.65. The van der Waals surface area contributed by atoms with Crippen LogP contribution in [0.15, 0.2) is 6.07 Å². The minimum atomic E-state index is -0.250. The Bertz CT molecular complexity index is 562. The fourth-order valence-electron chi connectivity index (χ4n) is 3.22. The van der Waals surface area contributed by atoms with Crippen LogP contribution in [0.25, 0.3) is 0 Å². The van der Waals surface area contributed by atoms with Crippen molar-refractivity contribution in [2.75, 3.05) is 27.4 Å². The highest BCUT2D eigenvalue weighted by atomic mass is 16.7. The monoisotopic (exact) mass is 352 g/mol. The molecule has 2 saturated heterocycles. The second-order valence-corrected chi connectivity index (χ2v) is 6.42. The molecule has 1 aromatic carbocycles. The molecule has 2 unspecified atom stereocenters. The van der Waals surface area contributed by atoms with Crippen LogP contribution in [-0.4, -0.2) is 40.0 Å². The first kappa shape index (κ1) is 18.1. The molecule has 2 heterocycles. The van der Waals surface area contributed by atoms with Gasteiger partial charge in [0.1, 0.15) is 0 Å². The molecule has 0 aliphatic carbocycles. The quantitative estimate of drug-likeness (QED) is 0.776. The summed E-state index contributed by atoms with van der Waals surface area (Å²) < 4.78 is 34.6. The summed E-state index contributed by atoms with van der Waals surface area (Å²) >= 11 is 0. The van der Waals surface area contributed by atoms with E-state index in [2.05, 4.69) is 0 Å². The summed E-state index contributed by atoms with van der Waals surface area (Å²) in [4.78, 5) is 0. The third-order valence-electron chi connectivity index (χ3n) is 4.53. The molecule has 0 N–H and O–H groups in total. The molecule has 2 aliphatic heterocycles. The zero-order valence-corrected chi connectivity index (χ0v) is 15.3. The van der Waals surface area contributed by atoms with Crippen molar-refractivity contribution in [2.24, 2.45) is 0 Å². The Balaban J connectivity index is 1.85. The van der Waals surface area contributed by atoms with Gasteiger partial charge < -0.3 is 28.4 Å².